The number of aliphatic hydroxyl groups is 1. The SMILES string of the molecule is CC=C1C(=CCc2cnc(OC)nc2)N(C)C(O)N1CC(C)(C)C. The van der Waals surface area contributed by atoms with E-state index in [0.29, 0.717) is 12.4 Å². The molecule has 132 valence electrons. The highest BCUT2D eigenvalue weighted by Crippen LogP contribution is 2.33. The molecule has 6 nitrogen and oxygen atoms in total. The van der Waals surface area contributed by atoms with Crippen LogP contribution in [0.5, 0.6) is 6.01 Å². The van der Waals surface area contributed by atoms with Crippen molar-refractivity contribution >= 4 is 0 Å². The van der Waals surface area contributed by atoms with Gasteiger partial charge >= 0.3 is 6.01 Å². The number of nitrogens with zero attached hydrogens (tertiary/aromatic N) is 4. The minimum atomic E-state index is -0.645. The number of ether oxygens (including phenoxy) is 1. The molecule has 1 unspecified atom stereocenters. The molecule has 0 amide bonds. The first-order valence-electron chi connectivity index (χ1n) is 8.16. The van der Waals surface area contributed by atoms with Crippen LogP contribution >= 0.6 is 0 Å². The number of allylic oxidation sites excluding steroid dienone is 2. The predicted molar refractivity (Wildman–Crippen MR) is 94.1 cm³/mol. The summed E-state index contributed by atoms with van der Waals surface area (Å²) in [6.07, 6.45) is 7.72. The molecule has 1 N–H and O–H groups in total. The molecule has 6 heteroatoms. The van der Waals surface area contributed by atoms with Gasteiger partial charge in [0.1, 0.15) is 0 Å². The van der Waals surface area contributed by atoms with Gasteiger partial charge in [-0.25, -0.2) is 9.97 Å². The van der Waals surface area contributed by atoms with Gasteiger partial charge in [0.05, 0.1) is 18.5 Å². The Balaban J connectivity index is 2.21. The molecule has 2 heterocycles. The van der Waals surface area contributed by atoms with Crippen molar-refractivity contribution in [2.75, 3.05) is 20.7 Å². The van der Waals surface area contributed by atoms with E-state index in [4.69, 9.17) is 4.74 Å². The molecular formula is C18H28N4O2. The Bertz CT molecular complexity index is 617. The first-order chi connectivity index (χ1) is 11.3. The van der Waals surface area contributed by atoms with E-state index in [2.05, 4.69) is 42.9 Å². The van der Waals surface area contributed by atoms with Crippen LogP contribution in [0.25, 0.3) is 0 Å². The van der Waals surface area contributed by atoms with Gasteiger partial charge in [-0.2, -0.15) is 0 Å². The Hall–Kier alpha value is -2.08. The standard InChI is InChI=1S/C18H28N4O2/c1-7-14-15(9-8-13-10-19-16(24-6)20-11-13)21(5)17(23)22(14)12-18(2,3)4/h7,9-11,17,23H,8,12H2,1-6H3. The van der Waals surface area contributed by atoms with Crippen LogP contribution in [0.15, 0.2) is 35.9 Å². The van der Waals surface area contributed by atoms with Gasteiger partial charge < -0.3 is 19.6 Å². The molecule has 1 aromatic heterocycles. The van der Waals surface area contributed by atoms with Gasteiger partial charge in [0.25, 0.3) is 0 Å². The molecule has 0 radical (unpaired) electrons. The number of rotatable bonds is 4. The van der Waals surface area contributed by atoms with Gasteiger partial charge in [0, 0.05) is 26.0 Å². The summed E-state index contributed by atoms with van der Waals surface area (Å²) in [5.74, 6) is 0. The number of hydrogen-bond acceptors (Lipinski definition) is 6. The normalized spacial score (nSPS) is 21.9. The molecule has 0 aliphatic carbocycles. The van der Waals surface area contributed by atoms with Crippen LogP contribution in [0.2, 0.25) is 0 Å². The third-order valence-corrected chi connectivity index (χ3v) is 3.89. The van der Waals surface area contributed by atoms with E-state index >= 15 is 0 Å². The maximum Gasteiger partial charge on any atom is 0.316 e. The van der Waals surface area contributed by atoms with Crippen LogP contribution < -0.4 is 4.74 Å². The lowest BCUT2D eigenvalue weighted by Gasteiger charge is -2.31. The van der Waals surface area contributed by atoms with Gasteiger partial charge in [-0.15, -0.1) is 0 Å². The third-order valence-electron chi connectivity index (χ3n) is 3.89. The molecule has 0 spiro atoms. The average Bonchev–Trinajstić information content (AvgIpc) is 2.76. The molecule has 0 aromatic carbocycles. The molecule has 1 fully saturated rings. The summed E-state index contributed by atoms with van der Waals surface area (Å²) in [5, 5.41) is 10.6. The van der Waals surface area contributed by atoms with E-state index < -0.39 is 6.35 Å². The van der Waals surface area contributed by atoms with Crippen LogP contribution in [0, 0.1) is 5.41 Å². The molecule has 0 saturated carbocycles. The van der Waals surface area contributed by atoms with Gasteiger partial charge in [0.15, 0.2) is 0 Å². The van der Waals surface area contributed by atoms with E-state index in [1.807, 2.05) is 23.8 Å². The highest BCUT2D eigenvalue weighted by Gasteiger charge is 2.36. The average molecular weight is 332 g/mol. The number of aromatic nitrogens is 2. The second-order valence-electron chi connectivity index (χ2n) is 7.19. The van der Waals surface area contributed by atoms with E-state index in [-0.39, 0.29) is 5.41 Å². The second-order valence-corrected chi connectivity index (χ2v) is 7.19. The molecule has 24 heavy (non-hydrogen) atoms. The number of aliphatic hydroxyl groups excluding tert-OH is 1. The fraction of sp³-hybridized carbons (Fsp3) is 0.556. The maximum absolute atomic E-state index is 10.6. The molecular weight excluding hydrogens is 304 g/mol. The van der Waals surface area contributed by atoms with Crippen molar-refractivity contribution in [1.29, 1.82) is 0 Å². The summed E-state index contributed by atoms with van der Waals surface area (Å²) < 4.78 is 4.98. The minimum absolute atomic E-state index is 0.0926. The Morgan fingerprint density at radius 1 is 1.25 bits per heavy atom. The minimum Gasteiger partial charge on any atom is -0.467 e. The first kappa shape index (κ1) is 18.3. The molecule has 1 aliphatic heterocycles. The summed E-state index contributed by atoms with van der Waals surface area (Å²) in [5.41, 5.74) is 3.16. The highest BCUT2D eigenvalue weighted by molar-refractivity contribution is 5.34. The third kappa shape index (κ3) is 4.06. The van der Waals surface area contributed by atoms with Crippen molar-refractivity contribution < 1.29 is 9.84 Å². The van der Waals surface area contributed by atoms with Crippen molar-refractivity contribution in [1.82, 2.24) is 19.8 Å². The zero-order chi connectivity index (χ0) is 17.9. The summed E-state index contributed by atoms with van der Waals surface area (Å²) >= 11 is 0. The largest absolute Gasteiger partial charge is 0.467 e. The Morgan fingerprint density at radius 2 is 1.88 bits per heavy atom. The van der Waals surface area contributed by atoms with Crippen molar-refractivity contribution in [3.8, 4) is 6.01 Å². The van der Waals surface area contributed by atoms with E-state index in [9.17, 15) is 5.11 Å². The zero-order valence-corrected chi connectivity index (χ0v) is 15.4. The number of hydrogen-bond donors (Lipinski definition) is 1. The van der Waals surface area contributed by atoms with Crippen LogP contribution in [0.1, 0.15) is 33.3 Å². The monoisotopic (exact) mass is 332 g/mol. The summed E-state index contributed by atoms with van der Waals surface area (Å²) in [4.78, 5) is 12.2. The smallest absolute Gasteiger partial charge is 0.316 e. The Morgan fingerprint density at radius 3 is 2.38 bits per heavy atom. The zero-order valence-electron chi connectivity index (χ0n) is 15.4. The second kappa shape index (κ2) is 7.21. The van der Waals surface area contributed by atoms with Crippen molar-refractivity contribution in [2.45, 2.75) is 40.5 Å². The van der Waals surface area contributed by atoms with Gasteiger partial charge in [0.2, 0.25) is 6.35 Å². The highest BCUT2D eigenvalue weighted by atomic mass is 16.5. The molecule has 2 rings (SSSR count). The quantitative estimate of drug-likeness (QED) is 0.913. The van der Waals surface area contributed by atoms with E-state index in [1.54, 1.807) is 19.5 Å². The van der Waals surface area contributed by atoms with Gasteiger partial charge in [-0.1, -0.05) is 32.9 Å². The topological polar surface area (TPSA) is 61.7 Å². The lowest BCUT2D eigenvalue weighted by Crippen LogP contribution is -2.40. The molecule has 1 aliphatic rings. The van der Waals surface area contributed by atoms with Crippen LogP contribution in [0.4, 0.5) is 0 Å². The summed E-state index contributed by atoms with van der Waals surface area (Å²) in [6, 6.07) is 0.366. The lowest BCUT2D eigenvalue weighted by atomic mass is 9.96. The molecule has 0 bridgehead atoms. The Labute approximate surface area is 144 Å². The lowest BCUT2D eigenvalue weighted by molar-refractivity contribution is -0.0452. The Kier molecular flexibility index (Phi) is 5.49. The van der Waals surface area contributed by atoms with E-state index in [0.717, 1.165) is 23.5 Å². The van der Waals surface area contributed by atoms with Crippen molar-refractivity contribution in [3.05, 3.63) is 41.5 Å². The number of methoxy groups -OCH3 is 1. The van der Waals surface area contributed by atoms with Crippen molar-refractivity contribution in [3.63, 3.8) is 0 Å². The maximum atomic E-state index is 10.6. The predicted octanol–water partition coefficient (Wildman–Crippen LogP) is 2.38. The van der Waals surface area contributed by atoms with Crippen molar-refractivity contribution in [2.24, 2.45) is 5.41 Å². The summed E-state index contributed by atoms with van der Waals surface area (Å²) in [7, 11) is 3.46. The summed E-state index contributed by atoms with van der Waals surface area (Å²) in [6.45, 7) is 9.29. The fourth-order valence-corrected chi connectivity index (χ4v) is 2.79. The van der Waals surface area contributed by atoms with Crippen LogP contribution in [-0.2, 0) is 6.42 Å². The molecule has 1 saturated heterocycles. The molecule has 1 aromatic rings. The van der Waals surface area contributed by atoms with Crippen LogP contribution in [-0.4, -0.2) is 51.9 Å². The molecule has 1 atom stereocenters. The first-order valence-corrected chi connectivity index (χ1v) is 8.16. The van der Waals surface area contributed by atoms with E-state index in [1.165, 1.54) is 0 Å². The fourth-order valence-electron chi connectivity index (χ4n) is 2.79. The van der Waals surface area contributed by atoms with Crippen LogP contribution in [0.3, 0.4) is 0 Å². The number of likely N-dealkylation sites (N-methyl/N-ethyl adjacent to an activating group) is 1. The van der Waals surface area contributed by atoms with Gasteiger partial charge in [-0.3, -0.25) is 0 Å². The van der Waals surface area contributed by atoms with Gasteiger partial charge in [-0.05, 0) is 24.3 Å².